The van der Waals surface area contributed by atoms with Crippen LogP contribution >= 0.6 is 0 Å². The number of rotatable bonds is 5. The average molecular weight is 230 g/mol. The molecule has 1 saturated carbocycles. The molecule has 0 bridgehead atoms. The van der Waals surface area contributed by atoms with Crippen molar-refractivity contribution in [3.05, 3.63) is 29.8 Å². The van der Waals surface area contributed by atoms with Gasteiger partial charge in [0.05, 0.1) is 0 Å². The molecule has 0 aromatic heterocycles. The van der Waals surface area contributed by atoms with E-state index < -0.39 is 0 Å². The van der Waals surface area contributed by atoms with Gasteiger partial charge in [0.25, 0.3) is 0 Å². The zero-order valence-electron chi connectivity index (χ0n) is 10.4. The third-order valence-corrected chi connectivity index (χ3v) is 4.03. The van der Waals surface area contributed by atoms with Crippen molar-refractivity contribution in [1.29, 1.82) is 0 Å². The monoisotopic (exact) mass is 230 g/mol. The molecule has 1 fully saturated rings. The first-order valence-corrected chi connectivity index (χ1v) is 6.97. The minimum Gasteiger partial charge on any atom is -0.385 e. The summed E-state index contributed by atoms with van der Waals surface area (Å²) in [5.74, 6) is 1.74. The maximum atomic E-state index is 3.64. The van der Waals surface area contributed by atoms with E-state index in [0.29, 0.717) is 5.92 Å². The molecule has 2 heteroatoms. The number of para-hydroxylation sites is 1. The zero-order chi connectivity index (χ0) is 11.5. The van der Waals surface area contributed by atoms with Crippen LogP contribution in [0.25, 0.3) is 0 Å². The van der Waals surface area contributed by atoms with Gasteiger partial charge < -0.3 is 10.6 Å². The maximum Gasteiger partial charge on any atom is 0.0376 e. The van der Waals surface area contributed by atoms with E-state index in [9.17, 15) is 0 Å². The smallest absolute Gasteiger partial charge is 0.0376 e. The van der Waals surface area contributed by atoms with E-state index in [-0.39, 0.29) is 0 Å². The van der Waals surface area contributed by atoms with Crippen molar-refractivity contribution in [3.8, 4) is 0 Å². The summed E-state index contributed by atoms with van der Waals surface area (Å²) in [5, 5.41) is 7.12. The molecule has 1 aliphatic heterocycles. The van der Waals surface area contributed by atoms with E-state index in [1.165, 1.54) is 43.5 Å². The Morgan fingerprint density at radius 1 is 1.18 bits per heavy atom. The summed E-state index contributed by atoms with van der Waals surface area (Å²) in [5.41, 5.74) is 2.84. The Kier molecular flexibility index (Phi) is 3.32. The third-order valence-electron chi connectivity index (χ3n) is 4.03. The van der Waals surface area contributed by atoms with Crippen LogP contribution in [-0.2, 0) is 0 Å². The Morgan fingerprint density at radius 3 is 2.94 bits per heavy atom. The number of fused-ring (bicyclic) bond motifs is 1. The number of anilines is 1. The van der Waals surface area contributed by atoms with E-state index >= 15 is 0 Å². The molecular formula is C15H22N2. The lowest BCUT2D eigenvalue weighted by Gasteiger charge is -2.27. The van der Waals surface area contributed by atoms with Crippen LogP contribution in [0.5, 0.6) is 0 Å². The number of hydrogen-bond donors (Lipinski definition) is 2. The normalized spacial score (nSPS) is 22.9. The molecule has 1 heterocycles. The predicted octanol–water partition coefficient (Wildman–Crippen LogP) is 2.98. The first-order chi connectivity index (χ1) is 8.43. The molecule has 0 spiro atoms. The second-order valence-electron chi connectivity index (χ2n) is 5.44. The first-order valence-electron chi connectivity index (χ1n) is 6.97. The van der Waals surface area contributed by atoms with Gasteiger partial charge in [-0.05, 0) is 36.9 Å². The fourth-order valence-corrected chi connectivity index (χ4v) is 2.75. The van der Waals surface area contributed by atoms with Gasteiger partial charge in [-0.2, -0.15) is 0 Å². The van der Waals surface area contributed by atoms with Crippen molar-refractivity contribution in [1.82, 2.24) is 5.32 Å². The second-order valence-corrected chi connectivity index (χ2v) is 5.44. The molecule has 2 N–H and O–H groups in total. The van der Waals surface area contributed by atoms with Gasteiger partial charge in [0.1, 0.15) is 0 Å². The standard InChI is InChI=1S/C15H22N2/c1-2-4-15-14(3-1)13(8-10-17-15)11-16-9-7-12-5-6-12/h1-4,12-13,16-17H,5-11H2. The Hall–Kier alpha value is -1.02. The van der Waals surface area contributed by atoms with Gasteiger partial charge in [0, 0.05) is 24.7 Å². The quantitative estimate of drug-likeness (QED) is 0.760. The summed E-state index contributed by atoms with van der Waals surface area (Å²) in [6.07, 6.45) is 5.58. The highest BCUT2D eigenvalue weighted by Crippen LogP contribution is 2.32. The number of benzene rings is 1. The molecule has 3 rings (SSSR count). The predicted molar refractivity (Wildman–Crippen MR) is 72.5 cm³/mol. The van der Waals surface area contributed by atoms with Crippen LogP contribution in [0.3, 0.4) is 0 Å². The van der Waals surface area contributed by atoms with Crippen LogP contribution in [0.15, 0.2) is 24.3 Å². The van der Waals surface area contributed by atoms with Crippen LogP contribution in [0.4, 0.5) is 5.69 Å². The van der Waals surface area contributed by atoms with E-state index in [4.69, 9.17) is 0 Å². The molecular weight excluding hydrogens is 208 g/mol. The van der Waals surface area contributed by atoms with Gasteiger partial charge in [-0.25, -0.2) is 0 Å². The molecule has 1 aromatic rings. The highest BCUT2D eigenvalue weighted by atomic mass is 14.9. The van der Waals surface area contributed by atoms with Crippen LogP contribution in [0.2, 0.25) is 0 Å². The Balaban J connectivity index is 1.52. The van der Waals surface area contributed by atoms with Gasteiger partial charge in [0.15, 0.2) is 0 Å². The van der Waals surface area contributed by atoms with Gasteiger partial charge >= 0.3 is 0 Å². The van der Waals surface area contributed by atoms with Crippen molar-refractivity contribution < 1.29 is 0 Å². The topological polar surface area (TPSA) is 24.1 Å². The molecule has 17 heavy (non-hydrogen) atoms. The maximum absolute atomic E-state index is 3.64. The van der Waals surface area contributed by atoms with E-state index in [1.54, 1.807) is 0 Å². The lowest BCUT2D eigenvalue weighted by Crippen LogP contribution is -2.27. The molecule has 2 aliphatic rings. The zero-order valence-corrected chi connectivity index (χ0v) is 10.4. The van der Waals surface area contributed by atoms with E-state index in [1.807, 2.05) is 0 Å². The molecule has 1 unspecified atom stereocenters. The van der Waals surface area contributed by atoms with Crippen molar-refractivity contribution in [2.75, 3.05) is 25.0 Å². The number of hydrogen-bond acceptors (Lipinski definition) is 2. The third kappa shape index (κ3) is 2.81. The second kappa shape index (κ2) is 5.09. The molecule has 92 valence electrons. The lowest BCUT2D eigenvalue weighted by atomic mass is 9.91. The summed E-state index contributed by atoms with van der Waals surface area (Å²) in [4.78, 5) is 0. The van der Waals surface area contributed by atoms with Gasteiger partial charge in [-0.1, -0.05) is 31.0 Å². The summed E-state index contributed by atoms with van der Waals surface area (Å²) < 4.78 is 0. The van der Waals surface area contributed by atoms with Crippen molar-refractivity contribution >= 4 is 5.69 Å². The van der Waals surface area contributed by atoms with Gasteiger partial charge in [-0.3, -0.25) is 0 Å². The van der Waals surface area contributed by atoms with Gasteiger partial charge in [-0.15, -0.1) is 0 Å². The van der Waals surface area contributed by atoms with Crippen molar-refractivity contribution in [2.24, 2.45) is 5.92 Å². The summed E-state index contributed by atoms with van der Waals surface area (Å²) in [6, 6.07) is 8.75. The molecule has 0 radical (unpaired) electrons. The first kappa shape index (κ1) is 11.1. The van der Waals surface area contributed by atoms with Gasteiger partial charge in [0.2, 0.25) is 0 Å². The van der Waals surface area contributed by atoms with E-state index in [0.717, 1.165) is 19.0 Å². The highest BCUT2D eigenvalue weighted by Gasteiger charge is 2.21. The summed E-state index contributed by atoms with van der Waals surface area (Å²) in [7, 11) is 0. The molecule has 2 nitrogen and oxygen atoms in total. The van der Waals surface area contributed by atoms with Crippen LogP contribution < -0.4 is 10.6 Å². The van der Waals surface area contributed by atoms with E-state index in [2.05, 4.69) is 34.9 Å². The largest absolute Gasteiger partial charge is 0.385 e. The minimum atomic E-state index is 0.701. The average Bonchev–Trinajstić information content (AvgIpc) is 3.19. The van der Waals surface area contributed by atoms with Crippen LogP contribution in [0.1, 0.15) is 37.2 Å². The fourth-order valence-electron chi connectivity index (χ4n) is 2.75. The molecule has 1 atom stereocenters. The molecule has 1 aliphatic carbocycles. The Bertz CT molecular complexity index is 371. The summed E-state index contributed by atoms with van der Waals surface area (Å²) in [6.45, 7) is 3.47. The molecule has 0 amide bonds. The van der Waals surface area contributed by atoms with Crippen molar-refractivity contribution in [2.45, 2.75) is 31.6 Å². The van der Waals surface area contributed by atoms with Crippen molar-refractivity contribution in [3.63, 3.8) is 0 Å². The lowest BCUT2D eigenvalue weighted by molar-refractivity contribution is 0.532. The molecule has 1 aromatic carbocycles. The fraction of sp³-hybridized carbons (Fsp3) is 0.600. The minimum absolute atomic E-state index is 0.701. The highest BCUT2D eigenvalue weighted by molar-refractivity contribution is 5.54. The van der Waals surface area contributed by atoms with Crippen LogP contribution in [-0.4, -0.2) is 19.6 Å². The van der Waals surface area contributed by atoms with Crippen LogP contribution in [0, 0.1) is 5.92 Å². The summed E-state index contributed by atoms with van der Waals surface area (Å²) >= 11 is 0. The number of nitrogens with one attached hydrogen (secondary N) is 2. The SMILES string of the molecule is c1ccc2c(c1)NCCC2CNCCC1CC1. The Morgan fingerprint density at radius 2 is 2.06 bits per heavy atom. The molecule has 0 saturated heterocycles. The Labute approximate surface area is 104 Å².